The second-order valence-electron chi connectivity index (χ2n) is 8.83. The molecule has 4 rings (SSSR count). The van der Waals surface area contributed by atoms with E-state index in [4.69, 9.17) is 19.4 Å². The van der Waals surface area contributed by atoms with Gasteiger partial charge in [-0.15, -0.1) is 0 Å². The quantitative estimate of drug-likeness (QED) is 0.692. The van der Waals surface area contributed by atoms with Gasteiger partial charge in [-0.2, -0.15) is 13.2 Å². The molecule has 2 unspecified atom stereocenters. The van der Waals surface area contributed by atoms with Gasteiger partial charge in [-0.3, -0.25) is 0 Å². The number of carbonyl (C=O) groups is 2. The van der Waals surface area contributed by atoms with Crippen LogP contribution >= 0.6 is 0 Å². The predicted octanol–water partition coefficient (Wildman–Crippen LogP) is 2.04. The number of carbonyl (C=O) groups excluding carboxylic acids is 1. The number of carboxylic acid groups (broad SMARTS) is 1. The van der Waals surface area contributed by atoms with E-state index >= 15 is 0 Å². The molecule has 8 nitrogen and oxygen atoms in total. The van der Waals surface area contributed by atoms with Crippen LogP contribution in [0.4, 0.5) is 18.0 Å². The lowest BCUT2D eigenvalue weighted by Gasteiger charge is -2.33. The van der Waals surface area contributed by atoms with E-state index in [2.05, 4.69) is 4.90 Å². The molecule has 0 saturated carbocycles. The molecule has 0 aromatic carbocycles. The van der Waals surface area contributed by atoms with Crippen molar-refractivity contribution in [2.75, 3.05) is 65.6 Å². The fourth-order valence-corrected chi connectivity index (χ4v) is 4.77. The molecule has 2 amide bonds. The van der Waals surface area contributed by atoms with Crippen LogP contribution in [0.5, 0.6) is 0 Å². The average Bonchev–Trinajstić information content (AvgIpc) is 3.44. The van der Waals surface area contributed by atoms with Gasteiger partial charge in [0.15, 0.2) is 0 Å². The zero-order valence-electron chi connectivity index (χ0n) is 17.7. The van der Waals surface area contributed by atoms with Gasteiger partial charge in [0.05, 0.1) is 26.4 Å². The second kappa shape index (κ2) is 10.4. The van der Waals surface area contributed by atoms with E-state index in [1.807, 2.05) is 9.80 Å². The van der Waals surface area contributed by atoms with Gasteiger partial charge in [-0.05, 0) is 51.1 Å². The number of urea groups is 1. The number of rotatable bonds is 2. The number of ether oxygens (including phenoxy) is 2. The third-order valence-corrected chi connectivity index (χ3v) is 6.24. The topological polar surface area (TPSA) is 82.5 Å². The van der Waals surface area contributed by atoms with Crippen molar-refractivity contribution < 1.29 is 37.3 Å². The third kappa shape index (κ3) is 6.69. The summed E-state index contributed by atoms with van der Waals surface area (Å²) < 4.78 is 43.8. The van der Waals surface area contributed by atoms with Crippen molar-refractivity contribution in [1.29, 1.82) is 0 Å². The van der Waals surface area contributed by atoms with Gasteiger partial charge in [0.1, 0.15) is 5.60 Å². The van der Waals surface area contributed by atoms with Crippen LogP contribution in [-0.4, -0.2) is 109 Å². The average molecular weight is 451 g/mol. The van der Waals surface area contributed by atoms with Crippen LogP contribution in [0, 0.1) is 5.92 Å². The largest absolute Gasteiger partial charge is 0.490 e. The van der Waals surface area contributed by atoms with Crippen LogP contribution in [0.2, 0.25) is 0 Å². The highest BCUT2D eigenvalue weighted by Crippen LogP contribution is 2.34. The maximum absolute atomic E-state index is 12.8. The first kappa shape index (κ1) is 24.1. The number of carboxylic acids is 1. The lowest BCUT2D eigenvalue weighted by molar-refractivity contribution is -0.192. The maximum atomic E-state index is 12.8. The summed E-state index contributed by atoms with van der Waals surface area (Å²) >= 11 is 0. The fraction of sp³-hybridized carbons (Fsp3) is 0.900. The number of amides is 2. The number of alkyl halides is 3. The monoisotopic (exact) mass is 451 g/mol. The van der Waals surface area contributed by atoms with E-state index in [0.717, 1.165) is 45.5 Å². The fourth-order valence-electron chi connectivity index (χ4n) is 4.77. The molecule has 0 radical (unpaired) electrons. The Bertz CT molecular complexity index is 624. The van der Waals surface area contributed by atoms with Crippen molar-refractivity contribution >= 4 is 12.0 Å². The summed E-state index contributed by atoms with van der Waals surface area (Å²) in [7, 11) is 0. The molecule has 0 aromatic rings. The number of hydrogen-bond acceptors (Lipinski definition) is 5. The first-order chi connectivity index (χ1) is 14.7. The molecule has 11 heteroatoms. The van der Waals surface area contributed by atoms with Crippen molar-refractivity contribution in [2.24, 2.45) is 5.92 Å². The Morgan fingerprint density at radius 3 is 2.23 bits per heavy atom. The molecule has 1 N–H and O–H groups in total. The van der Waals surface area contributed by atoms with E-state index in [0.29, 0.717) is 32.2 Å². The molecule has 4 heterocycles. The summed E-state index contributed by atoms with van der Waals surface area (Å²) in [6, 6.07) is 0.184. The highest BCUT2D eigenvalue weighted by Gasteiger charge is 2.45. The molecule has 31 heavy (non-hydrogen) atoms. The van der Waals surface area contributed by atoms with Crippen molar-refractivity contribution in [1.82, 2.24) is 14.7 Å². The van der Waals surface area contributed by atoms with Crippen molar-refractivity contribution in [2.45, 2.75) is 43.9 Å². The minimum atomic E-state index is -5.08. The molecule has 0 aromatic heterocycles. The summed E-state index contributed by atoms with van der Waals surface area (Å²) in [6.07, 6.45) is 0.873. The van der Waals surface area contributed by atoms with Gasteiger partial charge < -0.3 is 29.3 Å². The normalized spacial score (nSPS) is 29.7. The van der Waals surface area contributed by atoms with E-state index in [1.54, 1.807) is 0 Å². The number of nitrogens with zero attached hydrogens (tertiary/aromatic N) is 3. The summed E-state index contributed by atoms with van der Waals surface area (Å²) in [6.45, 7) is 8.88. The number of halogens is 3. The van der Waals surface area contributed by atoms with Gasteiger partial charge in [-0.25, -0.2) is 9.59 Å². The van der Waals surface area contributed by atoms with Crippen LogP contribution in [0.3, 0.4) is 0 Å². The Morgan fingerprint density at radius 1 is 1.00 bits per heavy atom. The van der Waals surface area contributed by atoms with E-state index in [-0.39, 0.29) is 11.6 Å². The Morgan fingerprint density at radius 2 is 1.61 bits per heavy atom. The van der Waals surface area contributed by atoms with Crippen molar-refractivity contribution in [3.05, 3.63) is 0 Å². The number of aliphatic carboxylic acids is 1. The first-order valence-corrected chi connectivity index (χ1v) is 11.0. The predicted molar refractivity (Wildman–Crippen MR) is 105 cm³/mol. The van der Waals surface area contributed by atoms with Crippen molar-refractivity contribution in [3.63, 3.8) is 0 Å². The summed E-state index contributed by atoms with van der Waals surface area (Å²) in [5.41, 5.74) is -0.281. The smallest absolute Gasteiger partial charge is 0.475 e. The van der Waals surface area contributed by atoms with Gasteiger partial charge >= 0.3 is 18.2 Å². The SMILES string of the molecule is O=C(N1CCCC1)N1CCOCC2(CC(CN3CCCC3)CO2)C1.O=C(O)C(F)(F)F. The minimum Gasteiger partial charge on any atom is -0.475 e. The molecular formula is C20H32F3N3O5. The molecular weight excluding hydrogens is 419 g/mol. The lowest BCUT2D eigenvalue weighted by Crippen LogP contribution is -2.50. The highest BCUT2D eigenvalue weighted by molar-refractivity contribution is 5.75. The Kier molecular flexibility index (Phi) is 8.03. The molecule has 0 aliphatic carbocycles. The maximum Gasteiger partial charge on any atom is 0.490 e. The van der Waals surface area contributed by atoms with Crippen LogP contribution in [0.1, 0.15) is 32.1 Å². The standard InChI is InChI=1S/C18H31N3O3.C2HF3O2/c22-17(20-7-3-4-8-20)21-9-10-23-15-18(14-21)11-16(13-24-18)12-19-5-1-2-6-19;3-2(4,5)1(6)7/h16H,1-15H2;(H,6,7). The van der Waals surface area contributed by atoms with Gasteiger partial charge in [0.25, 0.3) is 0 Å². The molecule has 4 fully saturated rings. The molecule has 0 bridgehead atoms. The van der Waals surface area contributed by atoms with Crippen LogP contribution in [0.25, 0.3) is 0 Å². The number of likely N-dealkylation sites (tertiary alicyclic amines) is 2. The molecule has 178 valence electrons. The third-order valence-electron chi connectivity index (χ3n) is 6.24. The molecule has 4 saturated heterocycles. The summed E-state index contributed by atoms with van der Waals surface area (Å²) in [4.78, 5) is 28.2. The molecule has 4 aliphatic heterocycles. The minimum absolute atomic E-state index is 0.184. The zero-order chi connectivity index (χ0) is 22.5. The zero-order valence-corrected chi connectivity index (χ0v) is 17.7. The summed E-state index contributed by atoms with van der Waals surface area (Å²) in [5, 5.41) is 7.12. The van der Waals surface area contributed by atoms with E-state index in [1.165, 1.54) is 25.9 Å². The molecule has 1 spiro atoms. The first-order valence-electron chi connectivity index (χ1n) is 11.0. The number of hydrogen-bond donors (Lipinski definition) is 1. The van der Waals surface area contributed by atoms with Crippen molar-refractivity contribution in [3.8, 4) is 0 Å². The molecule has 4 aliphatic rings. The van der Waals surface area contributed by atoms with E-state index < -0.39 is 12.1 Å². The van der Waals surface area contributed by atoms with Gasteiger partial charge in [-0.1, -0.05) is 0 Å². The van der Waals surface area contributed by atoms with Crippen LogP contribution in [0.15, 0.2) is 0 Å². The Hall–Kier alpha value is -1.59. The Labute approximate surface area is 180 Å². The van der Waals surface area contributed by atoms with Crippen LogP contribution in [-0.2, 0) is 14.3 Å². The molecule has 2 atom stereocenters. The van der Waals surface area contributed by atoms with E-state index in [9.17, 15) is 18.0 Å². The second-order valence-corrected chi connectivity index (χ2v) is 8.83. The Balaban J connectivity index is 0.000000339. The van der Waals surface area contributed by atoms with Gasteiger partial charge in [0, 0.05) is 26.2 Å². The van der Waals surface area contributed by atoms with Crippen LogP contribution < -0.4 is 0 Å². The van der Waals surface area contributed by atoms with Gasteiger partial charge in [0.2, 0.25) is 0 Å². The summed E-state index contributed by atoms with van der Waals surface area (Å²) in [5.74, 6) is -2.18. The lowest BCUT2D eigenvalue weighted by atomic mass is 9.94. The highest BCUT2D eigenvalue weighted by atomic mass is 19.4.